The van der Waals surface area contributed by atoms with E-state index in [-0.39, 0.29) is 24.8 Å². The fourth-order valence-corrected chi connectivity index (χ4v) is 3.39. The molecule has 1 aliphatic carbocycles. The van der Waals surface area contributed by atoms with Crippen molar-refractivity contribution in [3.8, 4) is 6.07 Å². The zero-order valence-corrected chi connectivity index (χ0v) is 15.1. The van der Waals surface area contributed by atoms with E-state index in [0.717, 1.165) is 23.9 Å². The molecule has 0 bridgehead atoms. The molecule has 0 saturated heterocycles. The van der Waals surface area contributed by atoms with Crippen LogP contribution in [0, 0.1) is 25.2 Å². The Labute approximate surface area is 152 Å². The second-order valence-electron chi connectivity index (χ2n) is 6.75. The van der Waals surface area contributed by atoms with E-state index in [4.69, 9.17) is 4.74 Å². The zero-order valence-electron chi connectivity index (χ0n) is 15.1. The van der Waals surface area contributed by atoms with Gasteiger partial charge in [-0.1, -0.05) is 24.3 Å². The van der Waals surface area contributed by atoms with Crippen LogP contribution >= 0.6 is 0 Å². The third-order valence-electron chi connectivity index (χ3n) is 4.94. The highest BCUT2D eigenvalue weighted by molar-refractivity contribution is 5.36. The number of fused-ring (bicyclic) bond motifs is 1. The Bertz CT molecular complexity index is 898. The average molecular weight is 353 g/mol. The van der Waals surface area contributed by atoms with E-state index in [1.807, 2.05) is 18.2 Å². The highest BCUT2D eigenvalue weighted by Crippen LogP contribution is 2.32. The van der Waals surface area contributed by atoms with Crippen molar-refractivity contribution in [3.63, 3.8) is 0 Å². The molecule has 0 unspecified atom stereocenters. The number of hydrogen-bond donors (Lipinski definition) is 1. The fourth-order valence-electron chi connectivity index (χ4n) is 3.39. The highest BCUT2D eigenvalue weighted by atomic mass is 16.5. The molecular formula is C20H23N3O3. The van der Waals surface area contributed by atoms with Gasteiger partial charge in [-0.15, -0.1) is 0 Å². The molecule has 1 aromatic heterocycles. The number of aliphatic hydroxyl groups is 1. The molecule has 0 spiro atoms. The van der Waals surface area contributed by atoms with Crippen LogP contribution in [0.2, 0.25) is 0 Å². The van der Waals surface area contributed by atoms with E-state index in [2.05, 4.69) is 17.2 Å². The summed E-state index contributed by atoms with van der Waals surface area (Å²) in [4.78, 5) is 12.3. The van der Waals surface area contributed by atoms with E-state index in [9.17, 15) is 15.2 Å². The summed E-state index contributed by atoms with van der Waals surface area (Å²) in [6.07, 6.45) is 2.12. The molecule has 0 fully saturated rings. The largest absolute Gasteiger partial charge is 0.389 e. The van der Waals surface area contributed by atoms with Crippen LogP contribution in [0.25, 0.3) is 0 Å². The number of aliphatic hydroxyl groups excluding tert-OH is 1. The van der Waals surface area contributed by atoms with Crippen LogP contribution in [0.5, 0.6) is 0 Å². The molecule has 6 heteroatoms. The van der Waals surface area contributed by atoms with E-state index in [0.29, 0.717) is 11.3 Å². The summed E-state index contributed by atoms with van der Waals surface area (Å²) < 4.78 is 7.09. The number of aryl methyl sites for hydroxylation is 2. The quantitative estimate of drug-likeness (QED) is 0.890. The number of rotatable bonds is 5. The normalized spacial score (nSPS) is 17.4. The van der Waals surface area contributed by atoms with Gasteiger partial charge in [-0.3, -0.25) is 4.79 Å². The first-order chi connectivity index (χ1) is 12.5. The molecule has 0 radical (unpaired) electrons. The molecule has 1 aromatic carbocycles. The van der Waals surface area contributed by atoms with Gasteiger partial charge in [-0.2, -0.15) is 10.4 Å². The van der Waals surface area contributed by atoms with Crippen molar-refractivity contribution in [1.29, 1.82) is 5.26 Å². The molecule has 2 atom stereocenters. The number of benzene rings is 1. The van der Waals surface area contributed by atoms with Gasteiger partial charge in [-0.25, -0.2) is 4.68 Å². The maximum atomic E-state index is 12.3. The van der Waals surface area contributed by atoms with Crippen molar-refractivity contribution in [2.24, 2.45) is 0 Å². The minimum absolute atomic E-state index is 0.00298. The minimum Gasteiger partial charge on any atom is -0.389 e. The van der Waals surface area contributed by atoms with Gasteiger partial charge in [0, 0.05) is 0 Å². The predicted octanol–water partition coefficient (Wildman–Crippen LogP) is 2.19. The first-order valence-electron chi connectivity index (χ1n) is 8.87. The lowest BCUT2D eigenvalue weighted by molar-refractivity contribution is -0.0240. The molecule has 1 heterocycles. The second kappa shape index (κ2) is 7.81. The Balaban J connectivity index is 1.68. The highest BCUT2D eigenvalue weighted by Gasteiger charge is 2.22. The predicted molar refractivity (Wildman–Crippen MR) is 96.8 cm³/mol. The molecule has 1 aliphatic rings. The second-order valence-corrected chi connectivity index (χ2v) is 6.75. The summed E-state index contributed by atoms with van der Waals surface area (Å²) in [6, 6.07) is 10.1. The van der Waals surface area contributed by atoms with Crippen molar-refractivity contribution in [2.75, 3.05) is 6.61 Å². The van der Waals surface area contributed by atoms with Crippen LogP contribution in [-0.2, 0) is 17.7 Å². The van der Waals surface area contributed by atoms with Crippen LogP contribution < -0.4 is 5.56 Å². The lowest BCUT2D eigenvalue weighted by Crippen LogP contribution is -2.34. The third kappa shape index (κ3) is 3.69. The van der Waals surface area contributed by atoms with Crippen molar-refractivity contribution in [1.82, 2.24) is 9.78 Å². The lowest BCUT2D eigenvalue weighted by Gasteiger charge is -2.26. The number of aromatic nitrogens is 2. The summed E-state index contributed by atoms with van der Waals surface area (Å²) in [5, 5.41) is 23.7. The van der Waals surface area contributed by atoms with Crippen LogP contribution in [0.1, 0.15) is 46.9 Å². The summed E-state index contributed by atoms with van der Waals surface area (Å²) in [7, 11) is 0. The summed E-state index contributed by atoms with van der Waals surface area (Å²) >= 11 is 0. The summed E-state index contributed by atoms with van der Waals surface area (Å²) in [5.74, 6) is 0. The number of nitriles is 1. The monoisotopic (exact) mass is 353 g/mol. The van der Waals surface area contributed by atoms with Crippen molar-refractivity contribution in [2.45, 2.75) is 51.9 Å². The van der Waals surface area contributed by atoms with Crippen LogP contribution in [-0.4, -0.2) is 27.6 Å². The Morgan fingerprint density at radius 1 is 1.42 bits per heavy atom. The molecule has 3 rings (SSSR count). The fraction of sp³-hybridized carbons (Fsp3) is 0.450. The SMILES string of the molecule is Cc1nn(C[C@@H](O)CO[C@H]2CCCc3ccccc32)c(=O)c(C#N)c1C. The minimum atomic E-state index is -0.872. The van der Waals surface area contributed by atoms with Crippen molar-refractivity contribution >= 4 is 0 Å². The first kappa shape index (κ1) is 18.3. The Hall–Kier alpha value is -2.49. The standard InChI is InChI=1S/C20H23N3O3/c1-13-14(2)22-23(20(25)18(13)10-21)11-16(24)12-26-19-9-5-7-15-6-3-4-8-17(15)19/h3-4,6,8,16,19,24H,5,7,9,11-12H2,1-2H3/t16-,19+/m1/s1. The lowest BCUT2D eigenvalue weighted by atomic mass is 9.89. The molecule has 1 N–H and O–H groups in total. The topological polar surface area (TPSA) is 88.1 Å². The van der Waals surface area contributed by atoms with Crippen LogP contribution in [0.4, 0.5) is 0 Å². The molecule has 26 heavy (non-hydrogen) atoms. The Morgan fingerprint density at radius 2 is 2.19 bits per heavy atom. The molecule has 6 nitrogen and oxygen atoms in total. The maximum Gasteiger partial charge on any atom is 0.285 e. The maximum absolute atomic E-state index is 12.3. The van der Waals surface area contributed by atoms with E-state index >= 15 is 0 Å². The molecule has 0 saturated carbocycles. The number of ether oxygens (including phenoxy) is 1. The van der Waals surface area contributed by atoms with Crippen molar-refractivity contribution < 1.29 is 9.84 Å². The van der Waals surface area contributed by atoms with E-state index in [1.165, 1.54) is 11.1 Å². The molecular weight excluding hydrogens is 330 g/mol. The molecule has 0 amide bonds. The molecule has 0 aliphatic heterocycles. The van der Waals surface area contributed by atoms with Gasteiger partial charge in [-0.05, 0) is 49.8 Å². The van der Waals surface area contributed by atoms with Crippen LogP contribution in [0.15, 0.2) is 29.1 Å². The smallest absolute Gasteiger partial charge is 0.285 e. The van der Waals surface area contributed by atoms with Crippen LogP contribution in [0.3, 0.4) is 0 Å². The van der Waals surface area contributed by atoms with E-state index in [1.54, 1.807) is 13.8 Å². The zero-order chi connectivity index (χ0) is 18.7. The van der Waals surface area contributed by atoms with Gasteiger partial charge >= 0.3 is 0 Å². The Morgan fingerprint density at radius 3 is 2.96 bits per heavy atom. The average Bonchev–Trinajstić information content (AvgIpc) is 2.65. The van der Waals surface area contributed by atoms with Gasteiger partial charge < -0.3 is 9.84 Å². The number of hydrogen-bond acceptors (Lipinski definition) is 5. The Kier molecular flexibility index (Phi) is 5.50. The molecule has 136 valence electrons. The number of nitrogens with zero attached hydrogens (tertiary/aromatic N) is 3. The van der Waals surface area contributed by atoms with Crippen molar-refractivity contribution in [3.05, 3.63) is 62.6 Å². The summed E-state index contributed by atoms with van der Waals surface area (Å²) in [6.45, 7) is 3.56. The first-order valence-corrected chi connectivity index (χ1v) is 8.87. The van der Waals surface area contributed by atoms with E-state index < -0.39 is 11.7 Å². The van der Waals surface area contributed by atoms with Gasteiger partial charge in [0.15, 0.2) is 0 Å². The van der Waals surface area contributed by atoms with Gasteiger partial charge in [0.05, 0.1) is 31.1 Å². The third-order valence-corrected chi connectivity index (χ3v) is 4.94. The molecule has 2 aromatic rings. The van der Waals surface area contributed by atoms with Gasteiger partial charge in [0.25, 0.3) is 5.56 Å². The van der Waals surface area contributed by atoms with Gasteiger partial charge in [0.1, 0.15) is 11.6 Å². The van der Waals surface area contributed by atoms with Gasteiger partial charge in [0.2, 0.25) is 0 Å². The summed E-state index contributed by atoms with van der Waals surface area (Å²) in [5.41, 5.74) is 3.27.